The van der Waals surface area contributed by atoms with Gasteiger partial charge >= 0.3 is 0 Å². The number of aryl methyl sites for hydroxylation is 1. The molecule has 4 nitrogen and oxygen atoms in total. The molecule has 0 amide bonds. The van der Waals surface area contributed by atoms with Crippen molar-refractivity contribution in [2.45, 2.75) is 51.5 Å². The molecule has 0 radical (unpaired) electrons. The van der Waals surface area contributed by atoms with E-state index in [0.717, 1.165) is 31.0 Å². The molecule has 1 aliphatic rings. The van der Waals surface area contributed by atoms with Crippen LogP contribution in [-0.4, -0.2) is 21.3 Å². The van der Waals surface area contributed by atoms with E-state index >= 15 is 0 Å². The summed E-state index contributed by atoms with van der Waals surface area (Å²) in [6.45, 7) is 6.05. The maximum Gasteiger partial charge on any atom is 0.140 e. The fourth-order valence-corrected chi connectivity index (χ4v) is 2.15. The number of hydrogen-bond donors (Lipinski definition) is 1. The fourth-order valence-electron chi connectivity index (χ4n) is 2.15. The van der Waals surface area contributed by atoms with Gasteiger partial charge in [0.15, 0.2) is 0 Å². The van der Waals surface area contributed by atoms with Crippen LogP contribution in [-0.2, 0) is 18.4 Å². The molecular weight excluding hydrogens is 188 g/mol. The van der Waals surface area contributed by atoms with E-state index in [1.807, 2.05) is 0 Å². The van der Waals surface area contributed by atoms with Gasteiger partial charge in [-0.25, -0.2) is 0 Å². The lowest BCUT2D eigenvalue weighted by Crippen LogP contribution is -2.35. The number of aromatic nitrogens is 3. The predicted octanol–water partition coefficient (Wildman–Crippen LogP) is 1.24. The molecule has 0 aromatic carbocycles. The van der Waals surface area contributed by atoms with Crippen molar-refractivity contribution >= 4 is 0 Å². The highest BCUT2D eigenvalue weighted by Crippen LogP contribution is 2.27. The van der Waals surface area contributed by atoms with E-state index in [1.165, 1.54) is 12.8 Å². The Labute approximate surface area is 90.9 Å². The van der Waals surface area contributed by atoms with Crippen LogP contribution in [0.15, 0.2) is 0 Å². The van der Waals surface area contributed by atoms with Gasteiger partial charge in [0.05, 0.1) is 0 Å². The van der Waals surface area contributed by atoms with Crippen molar-refractivity contribution in [2.24, 2.45) is 5.73 Å². The quantitative estimate of drug-likeness (QED) is 0.813. The molecule has 0 saturated carbocycles. The smallest absolute Gasteiger partial charge is 0.140 e. The number of nitrogens with two attached hydrogens (primary N) is 1. The molecule has 1 aliphatic heterocycles. The monoisotopic (exact) mass is 208 g/mol. The van der Waals surface area contributed by atoms with E-state index in [9.17, 15) is 0 Å². The van der Waals surface area contributed by atoms with E-state index in [0.29, 0.717) is 6.54 Å². The van der Waals surface area contributed by atoms with Crippen LogP contribution >= 0.6 is 0 Å². The molecule has 0 spiro atoms. The number of rotatable bonds is 3. The molecule has 1 unspecified atom stereocenters. The average Bonchev–Trinajstić information content (AvgIpc) is 2.72. The third-order valence-corrected chi connectivity index (χ3v) is 3.63. The predicted molar refractivity (Wildman–Crippen MR) is 59.7 cm³/mol. The topological polar surface area (TPSA) is 56.7 Å². The highest BCUT2D eigenvalue weighted by atomic mass is 15.3. The Balaban J connectivity index is 2.39. The van der Waals surface area contributed by atoms with Crippen LogP contribution in [0.1, 0.15) is 44.8 Å². The second-order valence-electron chi connectivity index (χ2n) is 4.67. The molecule has 1 aromatic rings. The molecule has 2 N–H and O–H groups in total. The van der Waals surface area contributed by atoms with Gasteiger partial charge in [0.25, 0.3) is 0 Å². The minimum absolute atomic E-state index is 0.0113. The van der Waals surface area contributed by atoms with E-state index in [2.05, 4.69) is 28.6 Å². The molecule has 0 aliphatic carbocycles. The van der Waals surface area contributed by atoms with Crippen molar-refractivity contribution in [3.05, 3.63) is 11.6 Å². The number of nitrogens with zero attached hydrogens (tertiary/aromatic N) is 3. The highest BCUT2D eigenvalue weighted by Gasteiger charge is 2.30. The van der Waals surface area contributed by atoms with Crippen LogP contribution in [0.2, 0.25) is 0 Å². The van der Waals surface area contributed by atoms with Crippen LogP contribution in [0.4, 0.5) is 0 Å². The lowest BCUT2D eigenvalue weighted by Gasteiger charge is -2.27. The number of fused-ring (bicyclic) bond motifs is 1. The summed E-state index contributed by atoms with van der Waals surface area (Å²) >= 11 is 0. The van der Waals surface area contributed by atoms with Crippen LogP contribution in [0.25, 0.3) is 0 Å². The van der Waals surface area contributed by atoms with Crippen LogP contribution in [0, 0.1) is 0 Å². The van der Waals surface area contributed by atoms with Crippen LogP contribution < -0.4 is 5.73 Å². The third kappa shape index (κ3) is 1.67. The standard InChI is InChI=1S/C11H20N4/c1-3-11(2,8-12)10-14-13-9-6-4-5-7-15(9)10/h3-8,12H2,1-2H3. The summed E-state index contributed by atoms with van der Waals surface area (Å²) in [5, 5.41) is 8.62. The molecule has 1 aromatic heterocycles. The summed E-state index contributed by atoms with van der Waals surface area (Å²) in [7, 11) is 0. The van der Waals surface area contributed by atoms with Gasteiger partial charge in [-0.05, 0) is 19.3 Å². The van der Waals surface area contributed by atoms with Crippen molar-refractivity contribution in [3.8, 4) is 0 Å². The summed E-state index contributed by atoms with van der Waals surface area (Å²) in [6.07, 6.45) is 4.56. The summed E-state index contributed by atoms with van der Waals surface area (Å²) in [6, 6.07) is 0. The van der Waals surface area contributed by atoms with Crippen LogP contribution in [0.3, 0.4) is 0 Å². The first-order chi connectivity index (χ1) is 7.21. The molecule has 2 rings (SSSR count). The van der Waals surface area contributed by atoms with Gasteiger partial charge in [0, 0.05) is 24.9 Å². The molecule has 15 heavy (non-hydrogen) atoms. The van der Waals surface area contributed by atoms with Gasteiger partial charge in [0.2, 0.25) is 0 Å². The molecule has 2 heterocycles. The van der Waals surface area contributed by atoms with Gasteiger partial charge in [-0.2, -0.15) is 0 Å². The van der Waals surface area contributed by atoms with Gasteiger partial charge in [0.1, 0.15) is 11.6 Å². The lowest BCUT2D eigenvalue weighted by molar-refractivity contribution is 0.396. The van der Waals surface area contributed by atoms with E-state index in [-0.39, 0.29) is 5.41 Å². The zero-order valence-corrected chi connectivity index (χ0v) is 9.66. The number of hydrogen-bond acceptors (Lipinski definition) is 3. The summed E-state index contributed by atoms with van der Waals surface area (Å²) in [4.78, 5) is 0. The van der Waals surface area contributed by atoms with E-state index < -0.39 is 0 Å². The Morgan fingerprint density at radius 2 is 2.20 bits per heavy atom. The largest absolute Gasteiger partial charge is 0.329 e. The Kier molecular flexibility index (Phi) is 2.78. The van der Waals surface area contributed by atoms with E-state index in [1.54, 1.807) is 0 Å². The third-order valence-electron chi connectivity index (χ3n) is 3.63. The maximum atomic E-state index is 5.86. The minimum Gasteiger partial charge on any atom is -0.329 e. The van der Waals surface area contributed by atoms with Crippen molar-refractivity contribution < 1.29 is 0 Å². The fraction of sp³-hybridized carbons (Fsp3) is 0.818. The molecule has 0 saturated heterocycles. The van der Waals surface area contributed by atoms with Gasteiger partial charge < -0.3 is 10.3 Å². The molecular formula is C11H20N4. The van der Waals surface area contributed by atoms with Crippen molar-refractivity contribution in [1.82, 2.24) is 14.8 Å². The first-order valence-electron chi connectivity index (χ1n) is 5.84. The Morgan fingerprint density at radius 1 is 1.40 bits per heavy atom. The highest BCUT2D eigenvalue weighted by molar-refractivity contribution is 5.11. The molecule has 0 bridgehead atoms. The zero-order valence-electron chi connectivity index (χ0n) is 9.66. The maximum absolute atomic E-state index is 5.86. The molecule has 84 valence electrons. The first kappa shape index (κ1) is 10.6. The summed E-state index contributed by atoms with van der Waals surface area (Å²) < 4.78 is 2.28. The lowest BCUT2D eigenvalue weighted by atomic mass is 9.86. The second kappa shape index (κ2) is 3.93. The Bertz CT molecular complexity index is 338. The zero-order chi connectivity index (χ0) is 10.9. The Morgan fingerprint density at radius 3 is 2.87 bits per heavy atom. The van der Waals surface area contributed by atoms with Crippen LogP contribution in [0.5, 0.6) is 0 Å². The molecule has 4 heteroatoms. The van der Waals surface area contributed by atoms with Gasteiger partial charge in [-0.3, -0.25) is 0 Å². The second-order valence-corrected chi connectivity index (χ2v) is 4.67. The van der Waals surface area contributed by atoms with Crippen molar-refractivity contribution in [3.63, 3.8) is 0 Å². The van der Waals surface area contributed by atoms with Gasteiger partial charge in [-0.1, -0.05) is 13.8 Å². The minimum atomic E-state index is -0.0113. The summed E-state index contributed by atoms with van der Waals surface area (Å²) in [5.74, 6) is 2.23. The molecule has 0 fully saturated rings. The molecule has 1 atom stereocenters. The SMILES string of the molecule is CCC(C)(CN)c1nnc2n1CCCC2. The Hall–Kier alpha value is -0.900. The van der Waals surface area contributed by atoms with Crippen molar-refractivity contribution in [2.75, 3.05) is 6.54 Å². The van der Waals surface area contributed by atoms with Crippen molar-refractivity contribution in [1.29, 1.82) is 0 Å². The van der Waals surface area contributed by atoms with Gasteiger partial charge in [-0.15, -0.1) is 10.2 Å². The van der Waals surface area contributed by atoms with E-state index in [4.69, 9.17) is 5.73 Å². The normalized spacial score (nSPS) is 19.7. The average molecular weight is 208 g/mol. The first-order valence-corrected chi connectivity index (χ1v) is 5.84. The summed E-state index contributed by atoms with van der Waals surface area (Å²) in [5.41, 5.74) is 5.85.